The number of carbonyl (C=O) groups is 1. The second-order valence-electron chi connectivity index (χ2n) is 2.35. The summed E-state index contributed by atoms with van der Waals surface area (Å²) in [6, 6.07) is 8.36. The van der Waals surface area contributed by atoms with Crippen molar-refractivity contribution >= 4 is 35.2 Å². The Morgan fingerprint density at radius 3 is 2.29 bits per heavy atom. The highest BCUT2D eigenvalue weighted by atomic mass is 35.5. The van der Waals surface area contributed by atoms with Crippen LogP contribution in [0.4, 0.5) is 0 Å². The molecule has 1 aromatic carbocycles. The first kappa shape index (κ1) is 10.8. The van der Waals surface area contributed by atoms with Crippen LogP contribution in [0.3, 0.4) is 0 Å². The predicted molar refractivity (Wildman–Crippen MR) is 53.3 cm³/mol. The fraction of sp³-hybridized carbons (Fsp3) is 0. The minimum Gasteiger partial charge on any atom is -0.410 e. The predicted octanol–water partition coefficient (Wildman–Crippen LogP) is 2.00. The summed E-state index contributed by atoms with van der Waals surface area (Å²) in [5.74, 6) is -0.790. The molecule has 0 saturated heterocycles. The van der Waals surface area contributed by atoms with Crippen molar-refractivity contribution in [1.29, 1.82) is 0 Å². The fourth-order valence-corrected chi connectivity index (χ4v) is 1.06. The molecule has 0 saturated carbocycles. The van der Waals surface area contributed by atoms with Gasteiger partial charge >= 0.3 is 5.91 Å². The summed E-state index contributed by atoms with van der Waals surface area (Å²) in [6.45, 7) is 0. The lowest BCUT2D eigenvalue weighted by molar-refractivity contribution is -0.117. The number of rotatable bonds is 2. The summed E-state index contributed by atoms with van der Waals surface area (Å²) >= 11 is 10.4. The third-order valence-corrected chi connectivity index (χ3v) is 1.81. The van der Waals surface area contributed by atoms with E-state index in [4.69, 9.17) is 28.8 Å². The van der Waals surface area contributed by atoms with Gasteiger partial charge in [-0.2, -0.15) is 3.94 Å². The van der Waals surface area contributed by atoms with Crippen LogP contribution >= 0.6 is 23.6 Å². The van der Waals surface area contributed by atoms with E-state index in [0.29, 0.717) is 9.50 Å². The van der Waals surface area contributed by atoms with Crippen molar-refractivity contribution in [1.82, 2.24) is 3.94 Å². The number of oxime groups is 1. The van der Waals surface area contributed by atoms with Gasteiger partial charge in [0.05, 0.1) is 0 Å². The van der Waals surface area contributed by atoms with Gasteiger partial charge in [-0.15, -0.1) is 0 Å². The van der Waals surface area contributed by atoms with Gasteiger partial charge in [-0.25, -0.2) is 0 Å². The Morgan fingerprint density at radius 2 is 1.86 bits per heavy atom. The largest absolute Gasteiger partial charge is 0.410 e. The fourth-order valence-electron chi connectivity index (χ4n) is 0.900. The molecule has 0 spiro atoms. The number of halogens is 2. The summed E-state index contributed by atoms with van der Waals surface area (Å²) in [5.41, 5.74) is 0.224. The molecule has 4 nitrogen and oxygen atoms in total. The SMILES string of the molecule is O=C(C(=NO)c1ccccc1)N(Cl)Cl. The zero-order valence-electron chi connectivity index (χ0n) is 6.89. The molecule has 0 fully saturated rings. The van der Waals surface area contributed by atoms with E-state index in [9.17, 15) is 4.79 Å². The third kappa shape index (κ3) is 2.37. The topological polar surface area (TPSA) is 52.9 Å². The van der Waals surface area contributed by atoms with Crippen LogP contribution in [0.2, 0.25) is 0 Å². The zero-order chi connectivity index (χ0) is 10.6. The van der Waals surface area contributed by atoms with Crippen LogP contribution in [0.25, 0.3) is 0 Å². The maximum Gasteiger partial charge on any atom is 0.305 e. The summed E-state index contributed by atoms with van der Waals surface area (Å²) in [4.78, 5) is 11.2. The van der Waals surface area contributed by atoms with Crippen molar-refractivity contribution in [3.8, 4) is 0 Å². The summed E-state index contributed by atoms with van der Waals surface area (Å²) in [6.07, 6.45) is 0. The number of benzene rings is 1. The minimum absolute atomic E-state index is 0.212. The molecule has 0 radical (unpaired) electrons. The van der Waals surface area contributed by atoms with Gasteiger partial charge in [-0.3, -0.25) is 4.79 Å². The van der Waals surface area contributed by atoms with E-state index in [1.165, 1.54) is 0 Å². The highest BCUT2D eigenvalue weighted by Crippen LogP contribution is 2.08. The molecule has 0 heterocycles. The Balaban J connectivity index is 3.01. The molecular formula is C8H6Cl2N2O2. The van der Waals surface area contributed by atoms with Gasteiger partial charge in [0.15, 0.2) is 5.71 Å². The van der Waals surface area contributed by atoms with Gasteiger partial charge in [0, 0.05) is 29.1 Å². The van der Waals surface area contributed by atoms with Gasteiger partial charge in [-0.05, 0) is 0 Å². The lowest BCUT2D eigenvalue weighted by Gasteiger charge is -2.05. The van der Waals surface area contributed by atoms with Crippen LogP contribution in [0.5, 0.6) is 0 Å². The van der Waals surface area contributed by atoms with Crippen LogP contribution in [-0.4, -0.2) is 20.8 Å². The van der Waals surface area contributed by atoms with E-state index in [-0.39, 0.29) is 5.71 Å². The van der Waals surface area contributed by atoms with Crippen molar-refractivity contribution in [3.05, 3.63) is 35.9 Å². The van der Waals surface area contributed by atoms with Crippen molar-refractivity contribution in [3.63, 3.8) is 0 Å². The molecular weight excluding hydrogens is 227 g/mol. The van der Waals surface area contributed by atoms with Crippen molar-refractivity contribution in [2.24, 2.45) is 5.16 Å². The Morgan fingerprint density at radius 1 is 1.29 bits per heavy atom. The lowest BCUT2D eigenvalue weighted by Crippen LogP contribution is -2.23. The summed E-state index contributed by atoms with van der Waals surface area (Å²) < 4.78 is 0.308. The van der Waals surface area contributed by atoms with Crippen LogP contribution < -0.4 is 0 Å². The highest BCUT2D eigenvalue weighted by molar-refractivity contribution is 6.57. The summed E-state index contributed by atoms with van der Waals surface area (Å²) in [5, 5.41) is 11.5. The Bertz CT molecular complexity index is 352. The first-order valence-corrected chi connectivity index (χ1v) is 4.28. The number of hydrogen-bond donors (Lipinski definition) is 1. The Kier molecular flexibility index (Phi) is 3.73. The van der Waals surface area contributed by atoms with Crippen LogP contribution in [0.1, 0.15) is 5.56 Å². The molecule has 0 unspecified atom stereocenters. The van der Waals surface area contributed by atoms with Gasteiger partial charge in [0.1, 0.15) is 0 Å². The first-order valence-electron chi connectivity index (χ1n) is 3.60. The molecule has 0 aliphatic carbocycles. The van der Waals surface area contributed by atoms with Crippen LogP contribution in [-0.2, 0) is 4.79 Å². The quantitative estimate of drug-likeness (QED) is 0.367. The second kappa shape index (κ2) is 4.83. The first-order chi connectivity index (χ1) is 6.66. The standard InChI is InChI=1S/C8H6Cl2N2O2/c9-12(10)8(13)7(11-14)6-4-2-1-3-5-6/h1-5,14H. The molecule has 1 amide bonds. The van der Waals surface area contributed by atoms with E-state index in [1.54, 1.807) is 30.3 Å². The Labute approximate surface area is 90.6 Å². The average molecular weight is 233 g/mol. The maximum atomic E-state index is 11.2. The molecule has 0 aliphatic rings. The normalized spacial score (nSPS) is 11.1. The molecule has 0 aromatic heterocycles. The van der Waals surface area contributed by atoms with E-state index in [2.05, 4.69) is 5.16 Å². The molecule has 0 atom stereocenters. The van der Waals surface area contributed by atoms with E-state index in [0.717, 1.165) is 0 Å². The maximum absolute atomic E-state index is 11.2. The monoisotopic (exact) mass is 232 g/mol. The number of amides is 1. The highest BCUT2D eigenvalue weighted by Gasteiger charge is 2.19. The molecule has 74 valence electrons. The smallest absolute Gasteiger partial charge is 0.305 e. The van der Waals surface area contributed by atoms with Crippen LogP contribution in [0.15, 0.2) is 35.5 Å². The molecule has 0 bridgehead atoms. The van der Waals surface area contributed by atoms with Crippen LogP contribution in [0, 0.1) is 0 Å². The number of hydrogen-bond acceptors (Lipinski definition) is 3. The van der Waals surface area contributed by atoms with Gasteiger partial charge < -0.3 is 5.21 Å². The second-order valence-corrected chi connectivity index (χ2v) is 3.20. The average Bonchev–Trinajstić information content (AvgIpc) is 2.20. The van der Waals surface area contributed by atoms with E-state index >= 15 is 0 Å². The molecule has 1 N–H and O–H groups in total. The minimum atomic E-state index is -0.790. The van der Waals surface area contributed by atoms with Gasteiger partial charge in [0.25, 0.3) is 0 Å². The van der Waals surface area contributed by atoms with Crippen molar-refractivity contribution in [2.75, 3.05) is 0 Å². The zero-order valence-corrected chi connectivity index (χ0v) is 8.40. The van der Waals surface area contributed by atoms with Gasteiger partial charge in [-0.1, -0.05) is 35.5 Å². The molecule has 6 heteroatoms. The molecule has 1 rings (SSSR count). The summed E-state index contributed by atoms with van der Waals surface area (Å²) in [7, 11) is 0. The van der Waals surface area contributed by atoms with Crippen molar-refractivity contribution < 1.29 is 10.0 Å². The number of carbonyl (C=O) groups excluding carboxylic acids is 1. The van der Waals surface area contributed by atoms with Crippen molar-refractivity contribution in [2.45, 2.75) is 0 Å². The Hall–Kier alpha value is -1.26. The molecule has 1 aromatic rings. The molecule has 14 heavy (non-hydrogen) atoms. The van der Waals surface area contributed by atoms with Gasteiger partial charge in [0.2, 0.25) is 0 Å². The van der Waals surface area contributed by atoms with E-state index < -0.39 is 5.91 Å². The number of nitrogens with zero attached hydrogens (tertiary/aromatic N) is 2. The van der Waals surface area contributed by atoms with E-state index in [1.807, 2.05) is 0 Å². The molecule has 0 aliphatic heterocycles. The lowest BCUT2D eigenvalue weighted by atomic mass is 10.1. The third-order valence-electron chi connectivity index (χ3n) is 1.50.